The van der Waals surface area contributed by atoms with Gasteiger partial charge in [0, 0.05) is 24.6 Å². The van der Waals surface area contributed by atoms with E-state index in [-0.39, 0.29) is 18.0 Å². The number of rotatable bonds is 2. The Hall–Kier alpha value is -2.89. The number of hydrogen-bond donors (Lipinski definition) is 0. The molecule has 4 heterocycles. The lowest BCUT2D eigenvalue weighted by atomic mass is 10.1. The molecule has 126 valence electrons. The topological polar surface area (TPSA) is 64.2 Å². The molecule has 2 aromatic heterocycles. The second-order valence-electron chi connectivity index (χ2n) is 6.70. The molecule has 6 heteroatoms. The summed E-state index contributed by atoms with van der Waals surface area (Å²) < 4.78 is 7.52. The van der Waals surface area contributed by atoms with Gasteiger partial charge in [0.05, 0.1) is 12.3 Å². The van der Waals surface area contributed by atoms with E-state index < -0.39 is 0 Å². The van der Waals surface area contributed by atoms with Crippen LogP contribution in [0, 0.1) is 0 Å². The molecule has 0 aliphatic carbocycles. The fourth-order valence-corrected chi connectivity index (χ4v) is 4.10. The Morgan fingerprint density at radius 1 is 1.04 bits per heavy atom. The zero-order chi connectivity index (χ0) is 16.8. The van der Waals surface area contributed by atoms with E-state index in [4.69, 9.17) is 4.42 Å². The molecule has 5 rings (SSSR count). The van der Waals surface area contributed by atoms with Crippen LogP contribution in [-0.2, 0) is 13.0 Å². The summed E-state index contributed by atoms with van der Waals surface area (Å²) in [6.45, 7) is 0.732. The Morgan fingerprint density at radius 3 is 2.68 bits per heavy atom. The van der Waals surface area contributed by atoms with Crippen molar-refractivity contribution in [2.24, 2.45) is 0 Å². The molecule has 1 amide bonds. The first-order chi connectivity index (χ1) is 12.3. The second-order valence-corrected chi connectivity index (χ2v) is 6.70. The van der Waals surface area contributed by atoms with Gasteiger partial charge in [-0.2, -0.15) is 0 Å². The van der Waals surface area contributed by atoms with Gasteiger partial charge in [0.15, 0.2) is 11.6 Å². The molecule has 0 radical (unpaired) electrons. The predicted molar refractivity (Wildman–Crippen MR) is 90.8 cm³/mol. The minimum Gasteiger partial charge on any atom is -0.459 e. The van der Waals surface area contributed by atoms with Crippen LogP contribution in [0.15, 0.2) is 53.1 Å². The van der Waals surface area contributed by atoms with E-state index in [1.54, 1.807) is 18.4 Å². The lowest BCUT2D eigenvalue weighted by Gasteiger charge is -2.27. The van der Waals surface area contributed by atoms with Gasteiger partial charge in [-0.05, 0) is 25.0 Å². The fraction of sp³-hybridized carbons (Fsp3) is 0.316. The maximum Gasteiger partial charge on any atom is 0.290 e. The normalized spacial score (nSPS) is 21.8. The van der Waals surface area contributed by atoms with Crippen LogP contribution in [-0.4, -0.2) is 37.7 Å². The third-order valence-corrected chi connectivity index (χ3v) is 5.26. The van der Waals surface area contributed by atoms with Crippen LogP contribution >= 0.6 is 0 Å². The van der Waals surface area contributed by atoms with Gasteiger partial charge in [0.25, 0.3) is 5.91 Å². The number of hydrogen-bond acceptors (Lipinski definition) is 4. The fourth-order valence-electron chi connectivity index (χ4n) is 4.10. The zero-order valence-electron chi connectivity index (χ0n) is 13.7. The highest BCUT2D eigenvalue weighted by molar-refractivity contribution is 5.92. The van der Waals surface area contributed by atoms with Gasteiger partial charge in [-0.15, -0.1) is 10.2 Å². The maximum atomic E-state index is 12.9. The lowest BCUT2D eigenvalue weighted by molar-refractivity contribution is 0.0633. The van der Waals surface area contributed by atoms with Crippen LogP contribution in [0.5, 0.6) is 0 Å². The Bertz CT molecular complexity index is 901. The Kier molecular flexibility index (Phi) is 3.23. The Balaban J connectivity index is 1.51. The predicted octanol–water partition coefficient (Wildman–Crippen LogP) is 2.77. The van der Waals surface area contributed by atoms with Gasteiger partial charge in [-0.25, -0.2) is 0 Å². The van der Waals surface area contributed by atoms with Crippen molar-refractivity contribution in [1.29, 1.82) is 0 Å². The van der Waals surface area contributed by atoms with E-state index in [1.165, 1.54) is 0 Å². The van der Waals surface area contributed by atoms with Crippen molar-refractivity contribution in [2.45, 2.75) is 37.9 Å². The summed E-state index contributed by atoms with van der Waals surface area (Å²) in [5, 5.41) is 8.84. The van der Waals surface area contributed by atoms with Gasteiger partial charge in [-0.1, -0.05) is 30.3 Å². The summed E-state index contributed by atoms with van der Waals surface area (Å²) in [5.74, 6) is 2.24. The van der Waals surface area contributed by atoms with Crippen molar-refractivity contribution in [2.75, 3.05) is 0 Å². The van der Waals surface area contributed by atoms with Gasteiger partial charge < -0.3 is 13.9 Å². The average molecular weight is 334 g/mol. The van der Waals surface area contributed by atoms with Crippen LogP contribution in [0.1, 0.15) is 29.2 Å². The lowest BCUT2D eigenvalue weighted by Crippen LogP contribution is -2.42. The first-order valence-electron chi connectivity index (χ1n) is 8.65. The number of amides is 1. The van der Waals surface area contributed by atoms with Crippen molar-refractivity contribution < 1.29 is 9.21 Å². The van der Waals surface area contributed by atoms with Crippen LogP contribution in [0.25, 0.3) is 11.4 Å². The summed E-state index contributed by atoms with van der Waals surface area (Å²) in [7, 11) is 0. The number of benzene rings is 1. The molecule has 1 saturated heterocycles. The van der Waals surface area contributed by atoms with Gasteiger partial charge in [-0.3, -0.25) is 4.79 Å². The van der Waals surface area contributed by atoms with Crippen molar-refractivity contribution in [3.05, 3.63) is 60.3 Å². The van der Waals surface area contributed by atoms with Gasteiger partial charge in [0.2, 0.25) is 0 Å². The summed E-state index contributed by atoms with van der Waals surface area (Å²) in [5.41, 5.74) is 1.06. The van der Waals surface area contributed by atoms with E-state index in [1.807, 2.05) is 35.2 Å². The molecule has 6 nitrogen and oxygen atoms in total. The molecule has 2 aliphatic rings. The number of furan rings is 1. The van der Waals surface area contributed by atoms with E-state index in [2.05, 4.69) is 14.8 Å². The molecule has 1 fully saturated rings. The van der Waals surface area contributed by atoms with Crippen LogP contribution in [0.3, 0.4) is 0 Å². The van der Waals surface area contributed by atoms with E-state index in [9.17, 15) is 4.79 Å². The van der Waals surface area contributed by atoms with E-state index in [0.29, 0.717) is 5.76 Å². The first-order valence-corrected chi connectivity index (χ1v) is 8.65. The monoisotopic (exact) mass is 334 g/mol. The molecular weight excluding hydrogens is 316 g/mol. The summed E-state index contributed by atoms with van der Waals surface area (Å²) >= 11 is 0. The molecule has 3 aromatic rings. The number of carbonyl (C=O) groups is 1. The molecule has 2 atom stereocenters. The summed E-state index contributed by atoms with van der Waals surface area (Å²) in [6, 6.07) is 13.9. The van der Waals surface area contributed by atoms with Gasteiger partial charge >= 0.3 is 0 Å². The SMILES string of the molecule is O=C(c1ccco1)N1[C@@H]2CC[C@H]1Cc1nnc(-c3ccccc3)n1C2. The van der Waals surface area contributed by atoms with Crippen LogP contribution in [0.4, 0.5) is 0 Å². The highest BCUT2D eigenvalue weighted by Gasteiger charge is 2.42. The number of carbonyl (C=O) groups excluding carboxylic acids is 1. The van der Waals surface area contributed by atoms with Crippen molar-refractivity contribution in [3.8, 4) is 11.4 Å². The molecule has 0 saturated carbocycles. The third kappa shape index (κ3) is 2.28. The van der Waals surface area contributed by atoms with E-state index >= 15 is 0 Å². The average Bonchev–Trinajstić information content (AvgIpc) is 3.35. The first kappa shape index (κ1) is 14.5. The summed E-state index contributed by atoms with van der Waals surface area (Å²) in [6.07, 6.45) is 4.30. The van der Waals surface area contributed by atoms with Gasteiger partial charge in [0.1, 0.15) is 5.82 Å². The zero-order valence-corrected chi connectivity index (χ0v) is 13.7. The smallest absolute Gasteiger partial charge is 0.290 e. The molecular formula is C19H18N4O2. The summed E-state index contributed by atoms with van der Waals surface area (Å²) in [4.78, 5) is 14.9. The number of fused-ring (bicyclic) bond motifs is 3. The second kappa shape index (κ2) is 5.58. The standard InChI is InChI=1S/C19H18N4O2/c24-19(16-7-4-10-25-16)23-14-8-9-15(23)12-22-17(11-14)20-21-18(22)13-5-2-1-3-6-13/h1-7,10,14-15H,8-9,11-12H2/t14-,15+/m0/s1. The van der Waals surface area contributed by atoms with Crippen molar-refractivity contribution >= 4 is 5.91 Å². The molecule has 2 aliphatic heterocycles. The molecule has 0 spiro atoms. The molecule has 1 aromatic carbocycles. The highest BCUT2D eigenvalue weighted by atomic mass is 16.3. The molecule has 0 unspecified atom stereocenters. The van der Waals surface area contributed by atoms with Crippen molar-refractivity contribution in [1.82, 2.24) is 19.7 Å². The number of aromatic nitrogens is 3. The minimum absolute atomic E-state index is 0.0162. The quantitative estimate of drug-likeness (QED) is 0.723. The molecule has 0 N–H and O–H groups in total. The number of nitrogens with zero attached hydrogens (tertiary/aromatic N) is 4. The maximum absolute atomic E-state index is 12.9. The molecule has 2 bridgehead atoms. The molecule has 25 heavy (non-hydrogen) atoms. The Morgan fingerprint density at radius 2 is 1.88 bits per heavy atom. The minimum atomic E-state index is -0.0162. The van der Waals surface area contributed by atoms with Crippen LogP contribution < -0.4 is 0 Å². The van der Waals surface area contributed by atoms with Crippen molar-refractivity contribution in [3.63, 3.8) is 0 Å². The van der Waals surface area contributed by atoms with E-state index in [0.717, 1.165) is 43.0 Å². The van der Waals surface area contributed by atoms with Crippen LogP contribution in [0.2, 0.25) is 0 Å². The largest absolute Gasteiger partial charge is 0.459 e. The Labute approximate surface area is 145 Å². The highest BCUT2D eigenvalue weighted by Crippen LogP contribution is 2.34. The third-order valence-electron chi connectivity index (χ3n) is 5.26.